The molecule has 4 heteroatoms. The lowest BCUT2D eigenvalue weighted by Crippen LogP contribution is -2.37. The molecule has 0 unspecified atom stereocenters. The van der Waals surface area contributed by atoms with Gasteiger partial charge >= 0.3 is 0 Å². The van der Waals surface area contributed by atoms with E-state index in [0.717, 1.165) is 30.6 Å². The van der Waals surface area contributed by atoms with Crippen LogP contribution < -0.4 is 5.32 Å². The summed E-state index contributed by atoms with van der Waals surface area (Å²) in [6.07, 6.45) is 4.89. The molecule has 1 fully saturated rings. The minimum Gasteiger partial charge on any atom is -0.312 e. The van der Waals surface area contributed by atoms with Crippen LogP contribution >= 0.6 is 0 Å². The topological polar surface area (TPSA) is 42.7 Å². The van der Waals surface area contributed by atoms with E-state index >= 15 is 0 Å². The number of fused-ring (bicyclic) bond motifs is 2. The second kappa shape index (κ2) is 5.38. The van der Waals surface area contributed by atoms with Gasteiger partial charge in [0.1, 0.15) is 0 Å². The van der Waals surface area contributed by atoms with Gasteiger partial charge in [0.05, 0.1) is 11.4 Å². The van der Waals surface area contributed by atoms with Crippen LogP contribution in [0.1, 0.15) is 64.9 Å². The van der Waals surface area contributed by atoms with Gasteiger partial charge in [0.2, 0.25) is 0 Å². The molecule has 0 radical (unpaired) electrons. The van der Waals surface area contributed by atoms with E-state index in [0.29, 0.717) is 6.04 Å². The first-order valence-electron chi connectivity index (χ1n) is 8.55. The van der Waals surface area contributed by atoms with E-state index < -0.39 is 0 Å². The van der Waals surface area contributed by atoms with Gasteiger partial charge in [-0.2, -0.15) is 0 Å². The maximum absolute atomic E-state index is 4.44. The van der Waals surface area contributed by atoms with Crippen molar-refractivity contribution in [2.45, 2.75) is 71.9 Å². The van der Waals surface area contributed by atoms with Crippen molar-refractivity contribution in [3.05, 3.63) is 11.4 Å². The molecule has 2 aliphatic rings. The van der Waals surface area contributed by atoms with E-state index in [1.165, 1.54) is 30.8 Å². The maximum Gasteiger partial charge on any atom is 0.0859 e. The fourth-order valence-corrected chi connectivity index (χ4v) is 3.93. The zero-order valence-corrected chi connectivity index (χ0v) is 14.2. The summed E-state index contributed by atoms with van der Waals surface area (Å²) in [6, 6.07) is 0.425. The van der Waals surface area contributed by atoms with Crippen LogP contribution in [0.3, 0.4) is 0 Å². The number of aromatic nitrogens is 3. The summed E-state index contributed by atoms with van der Waals surface area (Å²) in [5.74, 6) is 2.72. The zero-order valence-electron chi connectivity index (χ0n) is 14.2. The minimum atomic E-state index is 0.237. The van der Waals surface area contributed by atoms with E-state index in [9.17, 15) is 0 Å². The predicted molar refractivity (Wildman–Crippen MR) is 85.3 cm³/mol. The maximum atomic E-state index is 4.44. The summed E-state index contributed by atoms with van der Waals surface area (Å²) in [6.45, 7) is 12.4. The Morgan fingerprint density at radius 1 is 1.19 bits per heavy atom. The first-order valence-corrected chi connectivity index (χ1v) is 8.55. The third kappa shape index (κ3) is 3.15. The minimum absolute atomic E-state index is 0.237. The average molecular weight is 290 g/mol. The van der Waals surface area contributed by atoms with Crippen molar-refractivity contribution in [3.63, 3.8) is 0 Å². The second-order valence-electron chi connectivity index (χ2n) is 8.22. The quantitative estimate of drug-likeness (QED) is 0.930. The van der Waals surface area contributed by atoms with Gasteiger partial charge < -0.3 is 5.32 Å². The fourth-order valence-electron chi connectivity index (χ4n) is 3.93. The van der Waals surface area contributed by atoms with Gasteiger partial charge in [-0.1, -0.05) is 5.21 Å². The Balaban J connectivity index is 1.63. The molecule has 1 aromatic rings. The molecule has 0 aromatic carbocycles. The van der Waals surface area contributed by atoms with Crippen LogP contribution in [-0.2, 0) is 12.8 Å². The molecule has 1 N–H and O–H groups in total. The Labute approximate surface area is 128 Å². The molecule has 0 spiro atoms. The molecule has 2 aliphatic carbocycles. The normalized spacial score (nSPS) is 28.8. The summed E-state index contributed by atoms with van der Waals surface area (Å²) in [4.78, 5) is 0. The van der Waals surface area contributed by atoms with E-state index in [1.54, 1.807) is 0 Å². The van der Waals surface area contributed by atoms with Gasteiger partial charge in [0.15, 0.2) is 0 Å². The highest BCUT2D eigenvalue weighted by Gasteiger charge is 2.49. The van der Waals surface area contributed by atoms with Crippen molar-refractivity contribution in [2.75, 3.05) is 6.54 Å². The number of hydrogen-bond acceptors (Lipinski definition) is 3. The van der Waals surface area contributed by atoms with Gasteiger partial charge in [-0.15, -0.1) is 5.10 Å². The van der Waals surface area contributed by atoms with Crippen LogP contribution in [0.5, 0.6) is 0 Å². The molecule has 1 aromatic heterocycles. The molecule has 4 nitrogen and oxygen atoms in total. The predicted octanol–water partition coefficient (Wildman–Crippen LogP) is 2.99. The third-order valence-corrected chi connectivity index (χ3v) is 5.17. The first-order chi connectivity index (χ1) is 9.87. The Kier molecular flexibility index (Phi) is 3.85. The molecule has 0 saturated heterocycles. The first kappa shape index (κ1) is 15.0. The molecule has 0 amide bonds. The number of hydrogen-bond donors (Lipinski definition) is 1. The van der Waals surface area contributed by atoms with Crippen molar-refractivity contribution in [1.29, 1.82) is 0 Å². The highest BCUT2D eigenvalue weighted by molar-refractivity contribution is 5.16. The number of nitrogens with one attached hydrogen (secondary N) is 1. The van der Waals surface area contributed by atoms with Crippen LogP contribution in [0.15, 0.2) is 0 Å². The summed E-state index contributed by atoms with van der Waals surface area (Å²) in [5.41, 5.74) is 2.90. The van der Waals surface area contributed by atoms with Crippen LogP contribution in [0, 0.1) is 17.8 Å². The average Bonchev–Trinajstić information content (AvgIpc) is 2.84. The Bertz CT molecular complexity index is 497. The smallest absolute Gasteiger partial charge is 0.0859 e. The summed E-state index contributed by atoms with van der Waals surface area (Å²) in [7, 11) is 0. The van der Waals surface area contributed by atoms with Gasteiger partial charge in [0, 0.05) is 11.6 Å². The van der Waals surface area contributed by atoms with Crippen molar-refractivity contribution in [3.8, 4) is 0 Å². The monoisotopic (exact) mass is 290 g/mol. The Hall–Kier alpha value is -0.900. The van der Waals surface area contributed by atoms with Gasteiger partial charge in [-0.25, -0.2) is 4.68 Å². The molecular formula is C17H30N4. The van der Waals surface area contributed by atoms with Crippen LogP contribution in [0.4, 0.5) is 0 Å². The summed E-state index contributed by atoms with van der Waals surface area (Å²) >= 11 is 0. The molecule has 3 rings (SSSR count). The Morgan fingerprint density at radius 3 is 2.48 bits per heavy atom. The molecule has 0 bridgehead atoms. The van der Waals surface area contributed by atoms with E-state index in [1.807, 2.05) is 0 Å². The SMILES string of the molecule is CC(C)n1nnc2c1CC[C@@H]1[C@H](CC2)[C@@H]1CNC(C)(C)C. The lowest BCUT2D eigenvalue weighted by molar-refractivity contribution is 0.403. The summed E-state index contributed by atoms with van der Waals surface area (Å²) < 4.78 is 2.14. The lowest BCUT2D eigenvalue weighted by atomic mass is 10.0. The van der Waals surface area contributed by atoms with Crippen molar-refractivity contribution >= 4 is 0 Å². The van der Waals surface area contributed by atoms with Crippen molar-refractivity contribution < 1.29 is 0 Å². The molecular weight excluding hydrogens is 260 g/mol. The zero-order chi connectivity index (χ0) is 15.2. The van der Waals surface area contributed by atoms with E-state index in [4.69, 9.17) is 0 Å². The lowest BCUT2D eigenvalue weighted by Gasteiger charge is -2.20. The standard InChI is InChI=1S/C17H30N4/c1-11(2)21-16-9-7-13-12(6-8-15(16)19-20-21)14(13)10-18-17(3,4)5/h11-14,18H,6-10H2,1-5H3/t12-,13+,14-/m0/s1. The third-order valence-electron chi connectivity index (χ3n) is 5.17. The largest absolute Gasteiger partial charge is 0.312 e. The van der Waals surface area contributed by atoms with Gasteiger partial charge in [-0.05, 0) is 84.6 Å². The molecule has 118 valence electrons. The molecule has 0 aliphatic heterocycles. The van der Waals surface area contributed by atoms with Crippen LogP contribution in [0.25, 0.3) is 0 Å². The van der Waals surface area contributed by atoms with Gasteiger partial charge in [0.25, 0.3) is 0 Å². The number of nitrogens with zero attached hydrogens (tertiary/aromatic N) is 3. The van der Waals surface area contributed by atoms with Crippen molar-refractivity contribution in [1.82, 2.24) is 20.3 Å². The van der Waals surface area contributed by atoms with Crippen LogP contribution in [-0.4, -0.2) is 27.1 Å². The molecule has 1 saturated carbocycles. The van der Waals surface area contributed by atoms with Crippen molar-refractivity contribution in [2.24, 2.45) is 17.8 Å². The highest BCUT2D eigenvalue weighted by Crippen LogP contribution is 2.52. The van der Waals surface area contributed by atoms with E-state index in [2.05, 4.69) is 54.9 Å². The van der Waals surface area contributed by atoms with Crippen LogP contribution in [0.2, 0.25) is 0 Å². The van der Waals surface area contributed by atoms with E-state index in [-0.39, 0.29) is 5.54 Å². The summed E-state index contributed by atoms with van der Waals surface area (Å²) in [5, 5.41) is 12.5. The molecule has 1 heterocycles. The second-order valence-corrected chi connectivity index (χ2v) is 8.22. The van der Waals surface area contributed by atoms with Gasteiger partial charge in [-0.3, -0.25) is 0 Å². The number of aryl methyl sites for hydroxylation is 1. The molecule has 3 atom stereocenters. The molecule has 21 heavy (non-hydrogen) atoms. The Morgan fingerprint density at radius 2 is 1.86 bits per heavy atom. The number of rotatable bonds is 3. The fraction of sp³-hybridized carbons (Fsp3) is 0.882. The highest BCUT2D eigenvalue weighted by atomic mass is 15.4.